The van der Waals surface area contributed by atoms with Crippen LogP contribution >= 0.6 is 12.4 Å². The maximum Gasteiger partial charge on any atom is 0.251 e. The highest BCUT2D eigenvalue weighted by atomic mass is 35.5. The molecule has 1 heterocycles. The number of hydrogen-bond acceptors (Lipinski definition) is 5. The first-order chi connectivity index (χ1) is 13.0. The number of morpholine rings is 1. The fourth-order valence-corrected chi connectivity index (χ4v) is 4.50. The lowest BCUT2D eigenvalue weighted by Gasteiger charge is -2.26. The van der Waals surface area contributed by atoms with Gasteiger partial charge in [-0.25, -0.2) is 8.42 Å². The maximum absolute atomic E-state index is 12.7. The SMILES string of the molecule is Cl.Nc1cccc(C(=O)NCc2ccccc2CS(=O)(=O)N2CCOCC2)c1. The number of nitrogens with zero attached hydrogens (tertiary/aromatic N) is 1. The van der Waals surface area contributed by atoms with E-state index in [-0.39, 0.29) is 30.6 Å². The van der Waals surface area contributed by atoms with Crippen LogP contribution in [0.2, 0.25) is 0 Å². The Balaban J connectivity index is 0.00000280. The molecule has 2 aromatic carbocycles. The van der Waals surface area contributed by atoms with Crippen molar-refractivity contribution in [1.82, 2.24) is 9.62 Å². The van der Waals surface area contributed by atoms with Gasteiger partial charge < -0.3 is 15.8 Å². The summed E-state index contributed by atoms with van der Waals surface area (Å²) in [7, 11) is -3.43. The van der Waals surface area contributed by atoms with Crippen molar-refractivity contribution in [2.24, 2.45) is 0 Å². The fraction of sp³-hybridized carbons (Fsp3) is 0.316. The second-order valence-corrected chi connectivity index (χ2v) is 8.31. The molecule has 3 N–H and O–H groups in total. The molecule has 3 rings (SSSR count). The van der Waals surface area contributed by atoms with Crippen LogP contribution in [0.15, 0.2) is 48.5 Å². The van der Waals surface area contributed by atoms with Gasteiger partial charge in [-0.15, -0.1) is 12.4 Å². The van der Waals surface area contributed by atoms with Gasteiger partial charge in [-0.1, -0.05) is 30.3 Å². The van der Waals surface area contributed by atoms with Gasteiger partial charge in [-0.3, -0.25) is 4.79 Å². The summed E-state index contributed by atoms with van der Waals surface area (Å²) in [5.41, 5.74) is 8.14. The predicted octanol–water partition coefficient (Wildman–Crippen LogP) is 1.78. The lowest BCUT2D eigenvalue weighted by Crippen LogP contribution is -2.41. The van der Waals surface area contributed by atoms with Crippen LogP contribution in [0.5, 0.6) is 0 Å². The molecule has 0 bridgehead atoms. The Morgan fingerprint density at radius 1 is 1.07 bits per heavy atom. The Morgan fingerprint density at radius 2 is 1.75 bits per heavy atom. The molecule has 28 heavy (non-hydrogen) atoms. The number of hydrogen-bond donors (Lipinski definition) is 2. The van der Waals surface area contributed by atoms with E-state index in [0.29, 0.717) is 43.1 Å². The predicted molar refractivity (Wildman–Crippen MR) is 111 cm³/mol. The number of carbonyl (C=O) groups excluding carboxylic acids is 1. The zero-order chi connectivity index (χ0) is 19.3. The van der Waals surface area contributed by atoms with Gasteiger partial charge in [0.15, 0.2) is 0 Å². The molecule has 1 amide bonds. The normalized spacial score (nSPS) is 14.9. The molecule has 1 aliphatic heterocycles. The maximum atomic E-state index is 12.7. The first-order valence-electron chi connectivity index (χ1n) is 8.72. The number of nitrogens with two attached hydrogens (primary N) is 1. The quantitative estimate of drug-likeness (QED) is 0.687. The molecule has 1 aliphatic rings. The first kappa shape index (κ1) is 22.2. The Morgan fingerprint density at radius 3 is 2.43 bits per heavy atom. The second kappa shape index (κ2) is 9.88. The smallest absolute Gasteiger partial charge is 0.251 e. The highest BCUT2D eigenvalue weighted by Crippen LogP contribution is 2.17. The number of anilines is 1. The highest BCUT2D eigenvalue weighted by molar-refractivity contribution is 7.88. The second-order valence-electron chi connectivity index (χ2n) is 6.34. The summed E-state index contributed by atoms with van der Waals surface area (Å²) in [4.78, 5) is 12.3. The molecule has 9 heteroatoms. The molecule has 0 aromatic heterocycles. The van der Waals surface area contributed by atoms with Crippen LogP contribution in [0.1, 0.15) is 21.5 Å². The van der Waals surface area contributed by atoms with Crippen LogP contribution in [0.4, 0.5) is 5.69 Å². The molecule has 0 radical (unpaired) electrons. The monoisotopic (exact) mass is 425 g/mol. The fourth-order valence-electron chi connectivity index (χ4n) is 2.94. The number of rotatable bonds is 6. The lowest BCUT2D eigenvalue weighted by atomic mass is 10.1. The summed E-state index contributed by atoms with van der Waals surface area (Å²) in [6, 6.07) is 13.9. The Kier molecular flexibility index (Phi) is 7.82. The summed E-state index contributed by atoms with van der Waals surface area (Å²) in [6.07, 6.45) is 0. The number of nitrogen functional groups attached to an aromatic ring is 1. The topological polar surface area (TPSA) is 102 Å². The van der Waals surface area contributed by atoms with Gasteiger partial charge in [0.05, 0.1) is 19.0 Å². The van der Waals surface area contributed by atoms with Crippen molar-refractivity contribution in [3.8, 4) is 0 Å². The number of amides is 1. The number of ether oxygens (including phenoxy) is 1. The molecule has 2 aromatic rings. The van der Waals surface area contributed by atoms with Crippen molar-refractivity contribution in [2.75, 3.05) is 32.0 Å². The van der Waals surface area contributed by atoms with E-state index in [2.05, 4.69) is 5.32 Å². The van der Waals surface area contributed by atoms with Crippen molar-refractivity contribution in [3.05, 3.63) is 65.2 Å². The van der Waals surface area contributed by atoms with Crippen molar-refractivity contribution >= 4 is 34.0 Å². The zero-order valence-corrected chi connectivity index (χ0v) is 17.0. The number of halogens is 1. The van der Waals surface area contributed by atoms with E-state index in [0.717, 1.165) is 5.56 Å². The van der Waals surface area contributed by atoms with Crippen molar-refractivity contribution in [3.63, 3.8) is 0 Å². The molecule has 0 aliphatic carbocycles. The standard InChI is InChI=1S/C19H23N3O4S.ClH/c20-18-7-3-6-15(12-18)19(23)21-13-16-4-1-2-5-17(16)14-27(24,25)22-8-10-26-11-9-22;/h1-7,12H,8-11,13-14,20H2,(H,21,23);1H. The summed E-state index contributed by atoms with van der Waals surface area (Å²) in [5, 5.41) is 2.83. The lowest BCUT2D eigenvalue weighted by molar-refractivity contribution is 0.0729. The highest BCUT2D eigenvalue weighted by Gasteiger charge is 2.25. The molecule has 0 unspecified atom stereocenters. The molecule has 0 spiro atoms. The summed E-state index contributed by atoms with van der Waals surface area (Å²) < 4.78 is 32.0. The number of benzene rings is 2. The third kappa shape index (κ3) is 5.68. The van der Waals surface area contributed by atoms with Crippen LogP contribution in [0, 0.1) is 0 Å². The van der Waals surface area contributed by atoms with Crippen molar-refractivity contribution in [2.45, 2.75) is 12.3 Å². The van der Waals surface area contributed by atoms with E-state index in [9.17, 15) is 13.2 Å². The molecular weight excluding hydrogens is 402 g/mol. The molecule has 1 saturated heterocycles. The van der Waals surface area contributed by atoms with Crippen LogP contribution in [0.3, 0.4) is 0 Å². The average molecular weight is 426 g/mol. The molecule has 152 valence electrons. The Labute approximate surface area is 171 Å². The van der Waals surface area contributed by atoms with Crippen LogP contribution in [-0.4, -0.2) is 44.9 Å². The summed E-state index contributed by atoms with van der Waals surface area (Å²) in [6.45, 7) is 1.81. The van der Waals surface area contributed by atoms with E-state index < -0.39 is 10.0 Å². The van der Waals surface area contributed by atoms with Crippen molar-refractivity contribution in [1.29, 1.82) is 0 Å². The van der Waals surface area contributed by atoms with Crippen LogP contribution in [0.25, 0.3) is 0 Å². The van der Waals surface area contributed by atoms with E-state index in [4.69, 9.17) is 10.5 Å². The minimum absolute atomic E-state index is 0. The largest absolute Gasteiger partial charge is 0.399 e. The molecule has 0 atom stereocenters. The van der Waals surface area contributed by atoms with Gasteiger partial charge in [0.25, 0.3) is 5.91 Å². The van der Waals surface area contributed by atoms with E-state index in [1.807, 2.05) is 12.1 Å². The third-order valence-electron chi connectivity index (χ3n) is 4.41. The molecule has 0 saturated carbocycles. The van der Waals surface area contributed by atoms with Gasteiger partial charge >= 0.3 is 0 Å². The first-order valence-corrected chi connectivity index (χ1v) is 10.3. The van der Waals surface area contributed by atoms with E-state index in [1.165, 1.54) is 4.31 Å². The summed E-state index contributed by atoms with van der Waals surface area (Å²) >= 11 is 0. The average Bonchev–Trinajstić information content (AvgIpc) is 2.67. The number of carbonyl (C=O) groups is 1. The minimum Gasteiger partial charge on any atom is -0.399 e. The Bertz CT molecular complexity index is 915. The van der Waals surface area contributed by atoms with Crippen LogP contribution in [-0.2, 0) is 27.1 Å². The molecular formula is C19H24ClN3O4S. The van der Waals surface area contributed by atoms with Gasteiger partial charge in [0.2, 0.25) is 10.0 Å². The van der Waals surface area contributed by atoms with Crippen molar-refractivity contribution < 1.29 is 17.9 Å². The van der Waals surface area contributed by atoms with Gasteiger partial charge in [0.1, 0.15) is 0 Å². The number of sulfonamides is 1. The van der Waals surface area contributed by atoms with E-state index >= 15 is 0 Å². The van der Waals surface area contributed by atoms with Gasteiger partial charge in [-0.2, -0.15) is 4.31 Å². The zero-order valence-electron chi connectivity index (χ0n) is 15.3. The van der Waals surface area contributed by atoms with Gasteiger partial charge in [-0.05, 0) is 29.3 Å². The minimum atomic E-state index is -3.43. The van der Waals surface area contributed by atoms with Gasteiger partial charge in [0, 0.05) is 30.9 Å². The third-order valence-corrected chi connectivity index (χ3v) is 6.24. The molecule has 1 fully saturated rings. The van der Waals surface area contributed by atoms with E-state index in [1.54, 1.807) is 36.4 Å². The number of nitrogens with one attached hydrogen (secondary N) is 1. The Hall–Kier alpha value is -2.13. The molecule has 7 nitrogen and oxygen atoms in total. The summed E-state index contributed by atoms with van der Waals surface area (Å²) in [5.74, 6) is -0.356. The van der Waals surface area contributed by atoms with Crippen LogP contribution < -0.4 is 11.1 Å².